The van der Waals surface area contributed by atoms with Crippen LogP contribution in [-0.4, -0.2) is 74.9 Å². The maximum atomic E-state index is 12.9. The van der Waals surface area contributed by atoms with Gasteiger partial charge in [0.2, 0.25) is 0 Å². The van der Waals surface area contributed by atoms with Crippen molar-refractivity contribution in [3.05, 3.63) is 146 Å². The highest BCUT2D eigenvalue weighted by Gasteiger charge is 2.27. The van der Waals surface area contributed by atoms with E-state index in [1.54, 1.807) is 0 Å². The van der Waals surface area contributed by atoms with Gasteiger partial charge >= 0.3 is 19.8 Å². The Kier molecular flexibility index (Phi) is 70.9. The minimum atomic E-state index is -4.41. The molecule has 0 aliphatic carbocycles. The van der Waals surface area contributed by atoms with Gasteiger partial charge in [0.25, 0.3) is 0 Å². The Balaban J connectivity index is 4.10. The van der Waals surface area contributed by atoms with E-state index in [0.29, 0.717) is 17.4 Å². The van der Waals surface area contributed by atoms with Gasteiger partial charge in [-0.25, -0.2) is 4.57 Å². The quantitative estimate of drug-likeness (QED) is 0.0211. The minimum absolute atomic E-state index is 0.0208. The molecule has 0 saturated carbocycles. The highest BCUT2D eigenvalue weighted by atomic mass is 31.2. The molecule has 0 aromatic heterocycles. The highest BCUT2D eigenvalue weighted by molar-refractivity contribution is 7.47. The van der Waals surface area contributed by atoms with Crippen LogP contribution in [-0.2, 0) is 32.7 Å². The number of allylic oxidation sites excluding steroid dienone is 24. The monoisotopic (exact) mass is 1340 g/mol. The molecule has 2 unspecified atom stereocenters. The average Bonchev–Trinajstić information content (AvgIpc) is 1.81. The first-order valence-electron chi connectivity index (χ1n) is 39.1. The molecule has 2 atom stereocenters. The Morgan fingerprint density at radius 2 is 0.600 bits per heavy atom. The molecule has 0 rings (SSSR count). The third-order valence-corrected chi connectivity index (χ3v) is 17.6. The number of phosphoric ester groups is 1. The summed E-state index contributed by atoms with van der Waals surface area (Å²) < 4.78 is 34.7. The zero-order valence-electron chi connectivity index (χ0n) is 62.1. The summed E-state index contributed by atoms with van der Waals surface area (Å²) in [6.07, 6.45) is 110. The van der Waals surface area contributed by atoms with Crippen molar-refractivity contribution in [2.75, 3.05) is 47.5 Å². The lowest BCUT2D eigenvalue weighted by Crippen LogP contribution is -2.37. The van der Waals surface area contributed by atoms with Crippen LogP contribution in [0.4, 0.5) is 0 Å². The van der Waals surface area contributed by atoms with Crippen LogP contribution in [0.15, 0.2) is 146 Å². The maximum Gasteiger partial charge on any atom is 0.472 e. The van der Waals surface area contributed by atoms with E-state index in [2.05, 4.69) is 160 Å². The molecule has 0 amide bonds. The number of likely N-dealkylation sites (N-methyl/N-ethyl adjacent to an activating group) is 1. The van der Waals surface area contributed by atoms with E-state index in [4.69, 9.17) is 18.5 Å². The fourth-order valence-electron chi connectivity index (χ4n) is 10.7. The van der Waals surface area contributed by atoms with Crippen LogP contribution in [0.2, 0.25) is 0 Å². The molecule has 0 spiro atoms. The highest BCUT2D eigenvalue weighted by Crippen LogP contribution is 2.43. The zero-order chi connectivity index (χ0) is 69.0. The predicted octanol–water partition coefficient (Wildman–Crippen LogP) is 26.1. The second kappa shape index (κ2) is 74.1. The van der Waals surface area contributed by atoms with Gasteiger partial charge in [0.05, 0.1) is 27.7 Å². The molecule has 544 valence electrons. The summed E-state index contributed by atoms with van der Waals surface area (Å²) in [5.74, 6) is -0.823. The van der Waals surface area contributed by atoms with Crippen LogP contribution >= 0.6 is 7.82 Å². The first kappa shape index (κ1) is 90.9. The molecule has 0 heterocycles. The molecule has 0 bridgehead atoms. The van der Waals surface area contributed by atoms with Crippen molar-refractivity contribution in [2.45, 2.75) is 335 Å². The van der Waals surface area contributed by atoms with Crippen molar-refractivity contribution < 1.29 is 42.1 Å². The summed E-state index contributed by atoms with van der Waals surface area (Å²) in [6, 6.07) is 0. The second-order valence-electron chi connectivity index (χ2n) is 27.0. The summed E-state index contributed by atoms with van der Waals surface area (Å²) in [5.41, 5.74) is 0. The molecule has 0 aromatic carbocycles. The van der Waals surface area contributed by atoms with Crippen molar-refractivity contribution in [2.24, 2.45) is 0 Å². The largest absolute Gasteiger partial charge is 0.472 e. The van der Waals surface area contributed by atoms with Gasteiger partial charge in [0.15, 0.2) is 6.10 Å². The zero-order valence-corrected chi connectivity index (χ0v) is 63.0. The number of unbranched alkanes of at least 4 members (excludes halogenated alkanes) is 33. The topological polar surface area (TPSA) is 108 Å². The summed E-state index contributed by atoms with van der Waals surface area (Å²) in [4.78, 5) is 35.9. The number of hydrogen-bond acceptors (Lipinski definition) is 7. The van der Waals surface area contributed by atoms with E-state index in [1.165, 1.54) is 173 Å². The first-order valence-corrected chi connectivity index (χ1v) is 40.6. The number of esters is 2. The van der Waals surface area contributed by atoms with Crippen LogP contribution in [0.5, 0.6) is 0 Å². The smallest absolute Gasteiger partial charge is 0.462 e. The Morgan fingerprint density at radius 3 is 0.895 bits per heavy atom. The van der Waals surface area contributed by atoms with E-state index in [1.807, 2.05) is 21.1 Å². The number of nitrogens with zero attached hydrogens (tertiary/aromatic N) is 1. The van der Waals surface area contributed by atoms with E-state index in [-0.39, 0.29) is 32.0 Å². The molecular formula is C85H147NO8P+. The number of quaternary nitrogens is 1. The van der Waals surface area contributed by atoms with Gasteiger partial charge in [-0.1, -0.05) is 359 Å². The Labute approximate surface area is 586 Å². The standard InChI is InChI=1S/C85H146NO8P/c1-6-8-10-12-14-16-18-20-22-24-26-28-30-32-34-36-38-39-40-41-42-43-44-45-46-47-48-50-52-54-56-58-60-62-64-66-68-70-72-74-76-78-85(88)94-83(82-93-95(89,90)92-80-79-86(3,4)5)81-91-84(87)77-75-73-71-69-67-65-63-61-59-57-55-53-51-49-37-35-33-31-29-27-25-23-21-19-17-15-13-11-9-7-2/h8,10,14,16,20,22,26,28,32,34,38-39,41-42,44-45,47-48,52,54,58,60,64,66,83H,6-7,9,11-13,15,17-19,21,23-25,27,29-31,33,35-37,40,43,46,49-51,53,55-57,59,61-63,65,67-82H2,1-5H3/p+1/b10-8-,16-14-,22-20-,28-26-,34-32-,39-38-,42-41-,45-44-,48-47-,54-52-,60-58-,66-64-. The molecule has 10 heteroatoms. The molecule has 1 N–H and O–H groups in total. The van der Waals surface area contributed by atoms with Crippen LogP contribution in [0.25, 0.3) is 0 Å². The van der Waals surface area contributed by atoms with Crippen molar-refractivity contribution >= 4 is 19.8 Å². The molecule has 0 radical (unpaired) electrons. The van der Waals surface area contributed by atoms with Crippen LogP contribution < -0.4 is 0 Å². The molecule has 0 aliphatic rings. The Morgan fingerprint density at radius 1 is 0.337 bits per heavy atom. The minimum Gasteiger partial charge on any atom is -0.462 e. The number of phosphoric acid groups is 1. The lowest BCUT2D eigenvalue weighted by Gasteiger charge is -2.24. The van der Waals surface area contributed by atoms with Crippen LogP contribution in [0.1, 0.15) is 328 Å². The number of rotatable bonds is 71. The summed E-state index contributed by atoms with van der Waals surface area (Å²) >= 11 is 0. The van der Waals surface area contributed by atoms with Gasteiger partial charge in [0, 0.05) is 12.8 Å². The molecular weight excluding hydrogens is 1190 g/mol. The molecule has 0 aliphatic heterocycles. The lowest BCUT2D eigenvalue weighted by atomic mass is 10.0. The summed E-state index contributed by atoms with van der Waals surface area (Å²) in [5, 5.41) is 0. The third kappa shape index (κ3) is 78.8. The van der Waals surface area contributed by atoms with Crippen molar-refractivity contribution in [1.29, 1.82) is 0 Å². The molecule has 0 aromatic rings. The summed E-state index contributed by atoms with van der Waals surface area (Å²) in [7, 11) is 1.45. The fraction of sp³-hybridized carbons (Fsp3) is 0.694. The molecule has 0 fully saturated rings. The van der Waals surface area contributed by atoms with Gasteiger partial charge < -0.3 is 18.9 Å². The number of hydrogen-bond donors (Lipinski definition) is 1. The first-order chi connectivity index (χ1) is 46.5. The number of carbonyl (C=O) groups excluding carboxylic acids is 2. The summed E-state index contributed by atoms with van der Waals surface area (Å²) in [6.45, 7) is 4.32. The molecule has 0 saturated heterocycles. The molecule has 9 nitrogen and oxygen atoms in total. The van der Waals surface area contributed by atoms with Gasteiger partial charge in [0.1, 0.15) is 19.8 Å². The fourth-order valence-corrected chi connectivity index (χ4v) is 11.4. The van der Waals surface area contributed by atoms with Crippen molar-refractivity contribution in [3.8, 4) is 0 Å². The van der Waals surface area contributed by atoms with Gasteiger partial charge in [-0.05, 0) is 103 Å². The van der Waals surface area contributed by atoms with E-state index < -0.39 is 26.5 Å². The SMILES string of the molecule is CC/C=C\C/C=C\C/C=C\C/C=C\C/C=C\C/C=C\C/C=C\C/C=C\C/C=C\C/C=C\C/C=C\C/C=C\CCCCCCC(=O)OC(COC(=O)CCCCCCCCCCCCCCCCCCCCCCCCCCCCCCCC)COP(=O)(O)OCC[N+](C)(C)C. The average molecular weight is 1340 g/mol. The predicted molar refractivity (Wildman–Crippen MR) is 413 cm³/mol. The van der Waals surface area contributed by atoms with E-state index >= 15 is 0 Å². The van der Waals surface area contributed by atoms with Gasteiger partial charge in [-0.2, -0.15) is 0 Å². The third-order valence-electron chi connectivity index (χ3n) is 16.6. The number of ether oxygens (including phenoxy) is 2. The maximum absolute atomic E-state index is 12.9. The molecule has 95 heavy (non-hydrogen) atoms. The van der Waals surface area contributed by atoms with Crippen molar-refractivity contribution in [1.82, 2.24) is 0 Å². The van der Waals surface area contributed by atoms with E-state index in [9.17, 15) is 19.0 Å². The normalized spacial score (nSPS) is 13.9. The van der Waals surface area contributed by atoms with Gasteiger partial charge in [-0.15, -0.1) is 0 Å². The van der Waals surface area contributed by atoms with Crippen LogP contribution in [0, 0.1) is 0 Å². The Bertz CT molecular complexity index is 2120. The lowest BCUT2D eigenvalue weighted by molar-refractivity contribution is -0.870. The van der Waals surface area contributed by atoms with Crippen molar-refractivity contribution in [3.63, 3.8) is 0 Å². The van der Waals surface area contributed by atoms with Crippen LogP contribution in [0.3, 0.4) is 0 Å². The number of carbonyl (C=O) groups is 2. The van der Waals surface area contributed by atoms with Gasteiger partial charge in [-0.3, -0.25) is 18.6 Å². The van der Waals surface area contributed by atoms with E-state index in [0.717, 1.165) is 122 Å². The second-order valence-corrected chi connectivity index (χ2v) is 28.5. The Hall–Kier alpha value is -4.11.